The third-order valence-corrected chi connectivity index (χ3v) is 7.05. The maximum absolute atomic E-state index is 12.6. The number of hydrogen-bond acceptors (Lipinski definition) is 8. The molecule has 0 spiro atoms. The number of methoxy groups -OCH3 is 1. The van der Waals surface area contributed by atoms with Crippen molar-refractivity contribution < 1.29 is 14.3 Å². The second-order valence-electron chi connectivity index (χ2n) is 9.31. The van der Waals surface area contributed by atoms with Gasteiger partial charge in [0.2, 0.25) is 0 Å². The van der Waals surface area contributed by atoms with Gasteiger partial charge in [-0.25, -0.2) is 4.79 Å². The summed E-state index contributed by atoms with van der Waals surface area (Å²) in [6.07, 6.45) is 2.79. The third kappa shape index (κ3) is 5.94. The number of carbonyl (C=O) groups excluding carboxylic acids is 1. The number of hydrogen-bond donors (Lipinski definition) is 1. The van der Waals surface area contributed by atoms with E-state index >= 15 is 0 Å². The Kier molecular flexibility index (Phi) is 7.48. The second-order valence-corrected chi connectivity index (χ2v) is 9.31. The first-order valence-corrected chi connectivity index (χ1v) is 12.6. The van der Waals surface area contributed by atoms with E-state index in [9.17, 15) is 4.79 Å². The number of anilines is 3. The smallest absolute Gasteiger partial charge is 0.321 e. The Balaban J connectivity index is 1.07. The molecule has 5 rings (SSSR count). The lowest BCUT2D eigenvalue weighted by Crippen LogP contribution is -2.50. The molecular weight excluding hydrogens is 446 g/mol. The number of aromatic nitrogens is 2. The molecule has 3 aliphatic rings. The van der Waals surface area contributed by atoms with Crippen LogP contribution in [-0.4, -0.2) is 105 Å². The van der Waals surface area contributed by atoms with Crippen molar-refractivity contribution in [3.05, 3.63) is 36.4 Å². The summed E-state index contributed by atoms with van der Waals surface area (Å²) in [6, 6.07) is 11.4. The van der Waals surface area contributed by atoms with Crippen LogP contribution in [0.3, 0.4) is 0 Å². The van der Waals surface area contributed by atoms with Gasteiger partial charge in [-0.15, -0.1) is 10.2 Å². The van der Waals surface area contributed by atoms with Gasteiger partial charge in [-0.2, -0.15) is 0 Å². The van der Waals surface area contributed by atoms with Gasteiger partial charge in [0.25, 0.3) is 0 Å². The zero-order valence-corrected chi connectivity index (χ0v) is 20.4. The van der Waals surface area contributed by atoms with Gasteiger partial charge in [0, 0.05) is 71.2 Å². The summed E-state index contributed by atoms with van der Waals surface area (Å²) in [5, 5.41) is 12.0. The van der Waals surface area contributed by atoms with Crippen LogP contribution in [0.5, 0.6) is 5.75 Å². The Morgan fingerprint density at radius 1 is 0.943 bits per heavy atom. The number of carbonyl (C=O) groups is 1. The van der Waals surface area contributed by atoms with E-state index in [2.05, 4.69) is 36.3 Å². The average Bonchev–Trinajstić information content (AvgIpc) is 3.43. The highest BCUT2D eigenvalue weighted by Gasteiger charge is 2.25. The van der Waals surface area contributed by atoms with Crippen molar-refractivity contribution in [2.24, 2.45) is 0 Å². The van der Waals surface area contributed by atoms with Crippen molar-refractivity contribution in [2.75, 3.05) is 87.7 Å². The Hall–Kier alpha value is -3.11. The molecule has 1 N–H and O–H groups in total. The van der Waals surface area contributed by atoms with E-state index in [-0.39, 0.29) is 6.03 Å². The highest BCUT2D eigenvalue weighted by atomic mass is 16.5. The van der Waals surface area contributed by atoms with Crippen LogP contribution in [0.25, 0.3) is 0 Å². The van der Waals surface area contributed by atoms with Crippen LogP contribution >= 0.6 is 0 Å². The quantitative estimate of drug-likeness (QED) is 0.672. The standard InChI is InChI=1S/C25H35N7O3/c1-34-21-6-4-20(5-7-21)26-25(33)32-16-14-31(15-17-32)24-9-8-23(27-28-24)30-12-10-29(11-13-30)19-22-3-2-18-35-22/h4-9,22H,2-3,10-19H2,1H3,(H,26,33). The number of amides is 2. The van der Waals surface area contributed by atoms with E-state index in [0.717, 1.165) is 75.5 Å². The number of ether oxygens (including phenoxy) is 2. The van der Waals surface area contributed by atoms with E-state index < -0.39 is 0 Å². The zero-order chi connectivity index (χ0) is 24.0. The minimum Gasteiger partial charge on any atom is -0.497 e. The topological polar surface area (TPSA) is 86.3 Å². The van der Waals surface area contributed by atoms with Gasteiger partial charge in [0.1, 0.15) is 5.75 Å². The SMILES string of the molecule is COc1ccc(NC(=O)N2CCN(c3ccc(N4CCN(CC5CCCO5)CC4)nn3)CC2)cc1. The van der Waals surface area contributed by atoms with Crippen molar-refractivity contribution in [3.8, 4) is 5.75 Å². The van der Waals surface area contributed by atoms with Crippen molar-refractivity contribution in [2.45, 2.75) is 18.9 Å². The monoisotopic (exact) mass is 481 g/mol. The molecule has 0 aliphatic carbocycles. The van der Waals surface area contributed by atoms with Crippen LogP contribution in [0.15, 0.2) is 36.4 Å². The molecule has 3 aliphatic heterocycles. The Morgan fingerprint density at radius 2 is 1.57 bits per heavy atom. The van der Waals surface area contributed by atoms with E-state index in [0.29, 0.717) is 19.2 Å². The van der Waals surface area contributed by atoms with E-state index in [4.69, 9.17) is 9.47 Å². The number of urea groups is 1. The van der Waals surface area contributed by atoms with Crippen LogP contribution in [0.4, 0.5) is 22.1 Å². The predicted molar refractivity (Wildman–Crippen MR) is 135 cm³/mol. The normalized spacial score (nSPS) is 21.3. The molecule has 0 bridgehead atoms. The van der Waals surface area contributed by atoms with Gasteiger partial charge in [-0.1, -0.05) is 0 Å². The molecular formula is C25H35N7O3. The fourth-order valence-corrected chi connectivity index (χ4v) is 4.91. The van der Waals surface area contributed by atoms with Gasteiger partial charge in [-0.05, 0) is 49.2 Å². The fraction of sp³-hybridized carbons (Fsp3) is 0.560. The fourth-order valence-electron chi connectivity index (χ4n) is 4.91. The van der Waals surface area contributed by atoms with Crippen molar-refractivity contribution in [1.82, 2.24) is 20.0 Å². The van der Waals surface area contributed by atoms with E-state index in [1.165, 1.54) is 12.8 Å². The van der Waals surface area contributed by atoms with Crippen LogP contribution in [-0.2, 0) is 4.74 Å². The summed E-state index contributed by atoms with van der Waals surface area (Å²) in [5.41, 5.74) is 0.757. The number of rotatable bonds is 6. The molecule has 0 saturated carbocycles. The molecule has 10 nitrogen and oxygen atoms in total. The summed E-state index contributed by atoms with van der Waals surface area (Å²) in [4.78, 5) is 21.5. The molecule has 1 unspecified atom stereocenters. The number of piperazine rings is 2. The van der Waals surface area contributed by atoms with Crippen LogP contribution in [0, 0.1) is 0 Å². The van der Waals surface area contributed by atoms with Crippen molar-refractivity contribution in [3.63, 3.8) is 0 Å². The molecule has 2 aromatic rings. The highest BCUT2D eigenvalue weighted by molar-refractivity contribution is 5.89. The molecule has 3 saturated heterocycles. The van der Waals surface area contributed by atoms with Crippen LogP contribution in [0.1, 0.15) is 12.8 Å². The molecule has 188 valence electrons. The molecule has 1 atom stereocenters. The third-order valence-electron chi connectivity index (χ3n) is 7.05. The lowest BCUT2D eigenvalue weighted by molar-refractivity contribution is 0.0712. The minimum atomic E-state index is -0.0881. The minimum absolute atomic E-state index is 0.0881. The largest absolute Gasteiger partial charge is 0.497 e. The Morgan fingerprint density at radius 3 is 2.11 bits per heavy atom. The van der Waals surface area contributed by atoms with Gasteiger partial charge in [0.15, 0.2) is 11.6 Å². The molecule has 35 heavy (non-hydrogen) atoms. The first kappa shape index (κ1) is 23.6. The number of benzene rings is 1. The number of nitrogens with zero attached hydrogens (tertiary/aromatic N) is 6. The average molecular weight is 482 g/mol. The molecule has 1 aromatic carbocycles. The second kappa shape index (κ2) is 11.1. The molecule has 4 heterocycles. The molecule has 0 radical (unpaired) electrons. The summed E-state index contributed by atoms with van der Waals surface area (Å²) in [5.74, 6) is 2.56. The van der Waals surface area contributed by atoms with Crippen LogP contribution in [0.2, 0.25) is 0 Å². The summed E-state index contributed by atoms with van der Waals surface area (Å²) in [6.45, 7) is 8.67. The number of nitrogens with one attached hydrogen (secondary N) is 1. The predicted octanol–water partition coefficient (Wildman–Crippen LogP) is 2.14. The van der Waals surface area contributed by atoms with E-state index in [1.807, 2.05) is 35.2 Å². The Labute approximate surface area is 206 Å². The maximum Gasteiger partial charge on any atom is 0.321 e. The van der Waals surface area contributed by atoms with Gasteiger partial charge in [0.05, 0.1) is 13.2 Å². The molecule has 3 fully saturated rings. The molecule has 2 amide bonds. The maximum atomic E-state index is 12.6. The van der Waals surface area contributed by atoms with Gasteiger partial charge >= 0.3 is 6.03 Å². The first-order valence-electron chi connectivity index (χ1n) is 12.6. The van der Waals surface area contributed by atoms with Gasteiger partial charge in [-0.3, -0.25) is 4.90 Å². The molecule has 1 aromatic heterocycles. The summed E-state index contributed by atoms with van der Waals surface area (Å²) < 4.78 is 10.9. The van der Waals surface area contributed by atoms with Crippen molar-refractivity contribution >= 4 is 23.4 Å². The summed E-state index contributed by atoms with van der Waals surface area (Å²) >= 11 is 0. The van der Waals surface area contributed by atoms with Crippen molar-refractivity contribution in [1.29, 1.82) is 0 Å². The molecule has 10 heteroatoms. The Bertz CT molecular complexity index is 950. The van der Waals surface area contributed by atoms with Crippen LogP contribution < -0.4 is 19.9 Å². The first-order chi connectivity index (χ1) is 17.2. The summed E-state index contributed by atoms with van der Waals surface area (Å²) in [7, 11) is 1.62. The lowest BCUT2D eigenvalue weighted by atomic mass is 10.2. The lowest BCUT2D eigenvalue weighted by Gasteiger charge is -2.37. The highest BCUT2D eigenvalue weighted by Crippen LogP contribution is 2.20. The van der Waals surface area contributed by atoms with E-state index in [1.54, 1.807) is 7.11 Å². The zero-order valence-electron chi connectivity index (χ0n) is 20.4. The van der Waals surface area contributed by atoms with Gasteiger partial charge < -0.3 is 29.5 Å².